The number of halogens is 3. The fourth-order valence-electron chi connectivity index (χ4n) is 2.72. The Kier molecular flexibility index (Phi) is 9.09. The number of ether oxygens (including phenoxy) is 1. The van der Waals surface area contributed by atoms with Gasteiger partial charge in [0.2, 0.25) is 0 Å². The van der Waals surface area contributed by atoms with Crippen molar-refractivity contribution in [3.8, 4) is 11.5 Å². The largest absolute Gasteiger partial charge is 0.457 e. The lowest BCUT2D eigenvalue weighted by Crippen LogP contribution is -2.39. The maximum absolute atomic E-state index is 6.07. The molecule has 2 aromatic carbocycles. The Labute approximate surface area is 164 Å². The smallest absolute Gasteiger partial charge is 0.133 e. The molecule has 132 valence electrons. The van der Waals surface area contributed by atoms with Gasteiger partial charge >= 0.3 is 0 Å². The van der Waals surface area contributed by atoms with Crippen molar-refractivity contribution in [3.05, 3.63) is 58.6 Å². The SMILES string of the molecule is Cl.Cl.NC1CCN(Cc2ccc(Br)cc2Oc2ccccc2)CC1. The number of piperidine rings is 1. The van der Waals surface area contributed by atoms with Crippen molar-refractivity contribution >= 4 is 40.7 Å². The summed E-state index contributed by atoms with van der Waals surface area (Å²) < 4.78 is 7.10. The molecule has 6 heteroatoms. The third kappa shape index (κ3) is 5.94. The molecule has 3 nitrogen and oxygen atoms in total. The van der Waals surface area contributed by atoms with Gasteiger partial charge in [0.1, 0.15) is 11.5 Å². The Bertz CT molecular complexity index is 620. The molecule has 0 amide bonds. The second-order valence-corrected chi connectivity index (χ2v) is 6.70. The maximum atomic E-state index is 6.07. The zero-order valence-electron chi connectivity index (χ0n) is 13.4. The first kappa shape index (κ1) is 21.3. The second kappa shape index (κ2) is 10.3. The molecule has 0 atom stereocenters. The molecule has 0 spiro atoms. The van der Waals surface area contributed by atoms with E-state index in [-0.39, 0.29) is 24.8 Å². The number of likely N-dealkylation sites (tertiary alicyclic amines) is 1. The van der Waals surface area contributed by atoms with Crippen LogP contribution in [0.15, 0.2) is 53.0 Å². The van der Waals surface area contributed by atoms with Crippen LogP contribution in [0.4, 0.5) is 0 Å². The quantitative estimate of drug-likeness (QED) is 0.736. The number of hydrogen-bond acceptors (Lipinski definition) is 3. The molecule has 1 aliphatic heterocycles. The van der Waals surface area contributed by atoms with Gasteiger partial charge in [-0.2, -0.15) is 0 Å². The van der Waals surface area contributed by atoms with Crippen molar-refractivity contribution in [1.82, 2.24) is 4.90 Å². The van der Waals surface area contributed by atoms with Crippen molar-refractivity contribution in [3.63, 3.8) is 0 Å². The Morgan fingerprint density at radius 1 is 1.04 bits per heavy atom. The van der Waals surface area contributed by atoms with E-state index in [2.05, 4.69) is 33.0 Å². The fourth-order valence-corrected chi connectivity index (χ4v) is 3.06. The molecule has 0 radical (unpaired) electrons. The third-order valence-electron chi connectivity index (χ3n) is 4.03. The summed E-state index contributed by atoms with van der Waals surface area (Å²) >= 11 is 3.53. The van der Waals surface area contributed by atoms with Crippen molar-refractivity contribution in [1.29, 1.82) is 0 Å². The number of nitrogens with two attached hydrogens (primary N) is 1. The van der Waals surface area contributed by atoms with E-state index in [1.54, 1.807) is 0 Å². The minimum atomic E-state index is 0. The third-order valence-corrected chi connectivity index (χ3v) is 4.52. The predicted molar refractivity (Wildman–Crippen MR) is 108 cm³/mol. The normalized spacial score (nSPS) is 15.2. The molecule has 0 aromatic heterocycles. The molecular weight excluding hydrogens is 411 g/mol. The number of para-hydroxylation sites is 1. The zero-order valence-corrected chi connectivity index (χ0v) is 16.6. The van der Waals surface area contributed by atoms with E-state index in [1.807, 2.05) is 36.4 Å². The Hall–Kier alpha value is -0.780. The standard InChI is InChI=1S/C18H21BrN2O.2ClH/c19-15-7-6-14(13-21-10-8-16(20)9-11-21)18(12-15)22-17-4-2-1-3-5-17;;/h1-7,12,16H,8-11,13,20H2;2*1H. The van der Waals surface area contributed by atoms with E-state index in [4.69, 9.17) is 10.5 Å². The topological polar surface area (TPSA) is 38.5 Å². The first-order chi connectivity index (χ1) is 10.7. The lowest BCUT2D eigenvalue weighted by Gasteiger charge is -2.30. The minimum absolute atomic E-state index is 0. The summed E-state index contributed by atoms with van der Waals surface area (Å²) in [6.45, 7) is 3.02. The van der Waals surface area contributed by atoms with Crippen LogP contribution in [-0.2, 0) is 6.54 Å². The molecule has 2 N–H and O–H groups in total. The molecule has 2 aromatic rings. The molecule has 0 unspecified atom stereocenters. The fraction of sp³-hybridized carbons (Fsp3) is 0.333. The van der Waals surface area contributed by atoms with Gasteiger partial charge in [-0.25, -0.2) is 0 Å². The summed E-state index contributed by atoms with van der Waals surface area (Å²) in [6, 6.07) is 16.5. The Balaban J connectivity index is 0.00000144. The molecule has 1 heterocycles. The maximum Gasteiger partial charge on any atom is 0.133 e. The van der Waals surface area contributed by atoms with Gasteiger partial charge in [-0.3, -0.25) is 4.90 Å². The number of benzene rings is 2. The van der Waals surface area contributed by atoms with Crippen LogP contribution < -0.4 is 10.5 Å². The van der Waals surface area contributed by atoms with Crippen LogP contribution in [0.1, 0.15) is 18.4 Å². The van der Waals surface area contributed by atoms with Crippen LogP contribution >= 0.6 is 40.7 Å². The van der Waals surface area contributed by atoms with Crippen LogP contribution in [0.3, 0.4) is 0 Å². The van der Waals surface area contributed by atoms with Gasteiger partial charge in [-0.1, -0.05) is 40.2 Å². The van der Waals surface area contributed by atoms with Crippen LogP contribution in [0.5, 0.6) is 11.5 Å². The van der Waals surface area contributed by atoms with Crippen molar-refractivity contribution in [2.75, 3.05) is 13.1 Å². The van der Waals surface area contributed by atoms with Crippen LogP contribution in [-0.4, -0.2) is 24.0 Å². The molecule has 3 rings (SSSR count). The van der Waals surface area contributed by atoms with Gasteiger partial charge in [0.05, 0.1) is 0 Å². The van der Waals surface area contributed by atoms with Gasteiger partial charge < -0.3 is 10.5 Å². The monoisotopic (exact) mass is 432 g/mol. The second-order valence-electron chi connectivity index (χ2n) is 5.78. The average molecular weight is 434 g/mol. The zero-order chi connectivity index (χ0) is 15.4. The molecule has 0 bridgehead atoms. The van der Waals surface area contributed by atoms with E-state index < -0.39 is 0 Å². The van der Waals surface area contributed by atoms with Crippen LogP contribution in [0.2, 0.25) is 0 Å². The van der Waals surface area contributed by atoms with Crippen LogP contribution in [0.25, 0.3) is 0 Å². The summed E-state index contributed by atoms with van der Waals surface area (Å²) in [5, 5.41) is 0. The van der Waals surface area contributed by atoms with E-state index >= 15 is 0 Å². The first-order valence-electron chi connectivity index (χ1n) is 7.70. The summed E-state index contributed by atoms with van der Waals surface area (Å²) in [5.41, 5.74) is 7.20. The molecule has 1 aliphatic rings. The highest BCUT2D eigenvalue weighted by molar-refractivity contribution is 9.10. The predicted octanol–water partition coefficient (Wildman–Crippen LogP) is 5.01. The highest BCUT2D eigenvalue weighted by Gasteiger charge is 2.17. The van der Waals surface area contributed by atoms with E-state index in [1.165, 1.54) is 5.56 Å². The molecule has 1 saturated heterocycles. The van der Waals surface area contributed by atoms with Crippen molar-refractivity contribution < 1.29 is 4.74 Å². The Morgan fingerprint density at radius 2 is 1.71 bits per heavy atom. The van der Waals surface area contributed by atoms with E-state index in [0.717, 1.165) is 48.4 Å². The summed E-state index contributed by atoms with van der Waals surface area (Å²) in [4.78, 5) is 2.45. The van der Waals surface area contributed by atoms with Gasteiger partial charge in [0.25, 0.3) is 0 Å². The van der Waals surface area contributed by atoms with E-state index in [9.17, 15) is 0 Å². The van der Waals surface area contributed by atoms with E-state index in [0.29, 0.717) is 6.04 Å². The minimum Gasteiger partial charge on any atom is -0.457 e. The highest BCUT2D eigenvalue weighted by Crippen LogP contribution is 2.30. The average Bonchev–Trinajstić information content (AvgIpc) is 2.53. The highest BCUT2D eigenvalue weighted by atomic mass is 79.9. The summed E-state index contributed by atoms with van der Waals surface area (Å²) in [5.74, 6) is 1.78. The van der Waals surface area contributed by atoms with Gasteiger partial charge in [0, 0.05) is 22.6 Å². The molecule has 1 fully saturated rings. The number of hydrogen-bond donors (Lipinski definition) is 1. The Morgan fingerprint density at radius 3 is 2.38 bits per heavy atom. The first-order valence-corrected chi connectivity index (χ1v) is 8.49. The number of rotatable bonds is 4. The molecule has 24 heavy (non-hydrogen) atoms. The molecular formula is C18H23BrCl2N2O. The lowest BCUT2D eigenvalue weighted by atomic mass is 10.1. The number of nitrogens with zero attached hydrogens (tertiary/aromatic N) is 1. The summed E-state index contributed by atoms with van der Waals surface area (Å²) in [6.07, 6.45) is 2.15. The lowest BCUT2D eigenvalue weighted by molar-refractivity contribution is 0.204. The molecule has 0 saturated carbocycles. The summed E-state index contributed by atoms with van der Waals surface area (Å²) in [7, 11) is 0. The van der Waals surface area contributed by atoms with Crippen molar-refractivity contribution in [2.45, 2.75) is 25.4 Å². The van der Waals surface area contributed by atoms with Gasteiger partial charge in [-0.15, -0.1) is 24.8 Å². The van der Waals surface area contributed by atoms with Crippen LogP contribution in [0, 0.1) is 0 Å². The van der Waals surface area contributed by atoms with Gasteiger partial charge in [0.15, 0.2) is 0 Å². The molecule has 0 aliphatic carbocycles. The van der Waals surface area contributed by atoms with Crippen molar-refractivity contribution in [2.24, 2.45) is 5.73 Å². The van der Waals surface area contributed by atoms with Gasteiger partial charge in [-0.05, 0) is 50.2 Å².